The fraction of sp³-hybridized carbons (Fsp3) is 0.429. The Morgan fingerprint density at radius 2 is 0.190 bits per heavy atom. The Morgan fingerprint density at radius 3 is 0.310 bits per heavy atom. The highest BCUT2D eigenvalue weighted by atomic mass is 14.3. The normalized spacial score (nSPS) is 11.6. The number of rotatable bonds is 3. The SMILES string of the molecule is Cc1c(C)c(C)c(-c2c(C)c(C)c(-c3c(C)c(C)c(-c4c(C)c(C)c(C)c(C)c4C)c(C)c3C)c(C)c2C)c(C)c1C. The minimum absolute atomic E-state index is 1.41. The second kappa shape index (κ2) is 10.9. The number of hydrogen-bond donors (Lipinski definition) is 0. The van der Waals surface area contributed by atoms with Crippen LogP contribution in [0.2, 0.25) is 0 Å². The molecule has 0 N–H and O–H groups in total. The summed E-state index contributed by atoms with van der Waals surface area (Å²) in [6.45, 7) is 41.8. The van der Waals surface area contributed by atoms with Crippen molar-refractivity contribution >= 4 is 0 Å². The van der Waals surface area contributed by atoms with Crippen molar-refractivity contribution in [3.8, 4) is 33.4 Å². The molecule has 0 unspecified atom stereocenters. The van der Waals surface area contributed by atoms with Crippen LogP contribution in [0.4, 0.5) is 0 Å². The molecule has 0 aliphatic heterocycles. The van der Waals surface area contributed by atoms with E-state index in [2.05, 4.69) is 125 Å². The minimum atomic E-state index is 1.41. The standard InChI is InChI=1S/C42H54/c1-19-21(3)25(7)37(26(8)22(19)4)39-29(11)33(15)41(34(16)30(39)12)42-35(17)31(13)40(32(14)36(42)18)38-27(9)23(5)20(2)24(6)28(38)10/h1-18H3. The lowest BCUT2D eigenvalue weighted by molar-refractivity contribution is 1.15. The lowest BCUT2D eigenvalue weighted by Gasteiger charge is -2.29. The van der Waals surface area contributed by atoms with Crippen LogP contribution < -0.4 is 0 Å². The quantitative estimate of drug-likeness (QED) is 0.234. The largest absolute Gasteiger partial charge is 0.0447 e. The highest BCUT2D eigenvalue weighted by Crippen LogP contribution is 2.48. The molecule has 0 fully saturated rings. The van der Waals surface area contributed by atoms with Crippen molar-refractivity contribution in [2.75, 3.05) is 0 Å². The Hall–Kier alpha value is -3.12. The monoisotopic (exact) mass is 558 g/mol. The van der Waals surface area contributed by atoms with Crippen LogP contribution >= 0.6 is 0 Å². The average molecular weight is 559 g/mol. The maximum Gasteiger partial charge on any atom is -0.0114 e. The van der Waals surface area contributed by atoms with E-state index in [1.54, 1.807) is 0 Å². The summed E-state index contributed by atoms with van der Waals surface area (Å²) in [6.07, 6.45) is 0. The molecule has 4 rings (SSSR count). The van der Waals surface area contributed by atoms with Gasteiger partial charge < -0.3 is 0 Å². The van der Waals surface area contributed by atoms with E-state index >= 15 is 0 Å². The zero-order valence-corrected chi connectivity index (χ0v) is 30.0. The molecule has 0 amide bonds. The molecule has 0 aliphatic rings. The van der Waals surface area contributed by atoms with Crippen LogP contribution in [0, 0.1) is 125 Å². The first-order valence-electron chi connectivity index (χ1n) is 15.8. The Morgan fingerprint density at radius 1 is 0.119 bits per heavy atom. The van der Waals surface area contributed by atoms with Crippen molar-refractivity contribution in [2.24, 2.45) is 0 Å². The molecule has 0 radical (unpaired) electrons. The Bertz CT molecular complexity index is 1570. The average Bonchev–Trinajstić information content (AvgIpc) is 2.96. The second-order valence-electron chi connectivity index (χ2n) is 13.5. The third kappa shape index (κ3) is 4.32. The maximum absolute atomic E-state index is 2.36. The molecule has 4 aromatic rings. The summed E-state index contributed by atoms with van der Waals surface area (Å²) in [6, 6.07) is 0. The summed E-state index contributed by atoms with van der Waals surface area (Å²) in [5.74, 6) is 0. The van der Waals surface area contributed by atoms with Gasteiger partial charge in [-0.1, -0.05) is 0 Å². The van der Waals surface area contributed by atoms with E-state index in [0.717, 1.165) is 0 Å². The third-order valence-electron chi connectivity index (χ3n) is 12.0. The summed E-state index contributed by atoms with van der Waals surface area (Å²) in [7, 11) is 0. The molecule has 0 spiro atoms. The van der Waals surface area contributed by atoms with Crippen molar-refractivity contribution in [3.05, 3.63) is 100 Å². The van der Waals surface area contributed by atoms with E-state index in [0.29, 0.717) is 0 Å². The van der Waals surface area contributed by atoms with Crippen LogP contribution in [-0.2, 0) is 0 Å². The highest BCUT2D eigenvalue weighted by molar-refractivity contribution is 5.91. The van der Waals surface area contributed by atoms with Gasteiger partial charge >= 0.3 is 0 Å². The van der Waals surface area contributed by atoms with Gasteiger partial charge in [0.15, 0.2) is 0 Å². The van der Waals surface area contributed by atoms with Crippen LogP contribution in [0.5, 0.6) is 0 Å². The summed E-state index contributed by atoms with van der Waals surface area (Å²) in [5, 5.41) is 0. The Labute approximate surface area is 257 Å². The summed E-state index contributed by atoms with van der Waals surface area (Å²) in [4.78, 5) is 0. The predicted molar refractivity (Wildman–Crippen MR) is 188 cm³/mol. The summed E-state index contributed by atoms with van der Waals surface area (Å²) >= 11 is 0. The molecule has 0 bridgehead atoms. The molecule has 0 heteroatoms. The van der Waals surface area contributed by atoms with Crippen LogP contribution in [0.15, 0.2) is 0 Å². The van der Waals surface area contributed by atoms with Crippen LogP contribution in [-0.4, -0.2) is 0 Å². The van der Waals surface area contributed by atoms with Gasteiger partial charge in [0, 0.05) is 0 Å². The van der Waals surface area contributed by atoms with Gasteiger partial charge in [0.25, 0.3) is 0 Å². The van der Waals surface area contributed by atoms with Gasteiger partial charge in [-0.25, -0.2) is 0 Å². The van der Waals surface area contributed by atoms with Crippen molar-refractivity contribution in [1.82, 2.24) is 0 Å². The molecule has 0 saturated heterocycles. The first-order valence-corrected chi connectivity index (χ1v) is 15.8. The molecule has 0 heterocycles. The van der Waals surface area contributed by atoms with Crippen LogP contribution in [0.1, 0.15) is 100 Å². The van der Waals surface area contributed by atoms with Crippen molar-refractivity contribution in [3.63, 3.8) is 0 Å². The van der Waals surface area contributed by atoms with Crippen LogP contribution in [0.3, 0.4) is 0 Å². The smallest absolute Gasteiger partial charge is 0.0114 e. The van der Waals surface area contributed by atoms with E-state index in [-0.39, 0.29) is 0 Å². The zero-order valence-electron chi connectivity index (χ0n) is 30.0. The Kier molecular flexibility index (Phi) is 8.22. The minimum Gasteiger partial charge on any atom is -0.0447 e. The lowest BCUT2D eigenvalue weighted by atomic mass is 9.75. The zero-order chi connectivity index (χ0) is 31.9. The van der Waals surface area contributed by atoms with Gasteiger partial charge in [0.2, 0.25) is 0 Å². The van der Waals surface area contributed by atoms with E-state index in [1.165, 1.54) is 134 Å². The fourth-order valence-electron chi connectivity index (χ4n) is 7.88. The summed E-state index contributed by atoms with van der Waals surface area (Å²) < 4.78 is 0. The molecule has 0 aliphatic carbocycles. The summed E-state index contributed by atoms with van der Waals surface area (Å²) in [5.41, 5.74) is 34.2. The topological polar surface area (TPSA) is 0 Å². The van der Waals surface area contributed by atoms with Crippen LogP contribution in [0.25, 0.3) is 33.4 Å². The highest BCUT2D eigenvalue weighted by Gasteiger charge is 2.26. The molecule has 0 aromatic heterocycles. The van der Waals surface area contributed by atoms with E-state index in [1.807, 2.05) is 0 Å². The van der Waals surface area contributed by atoms with Gasteiger partial charge in [-0.05, 0) is 258 Å². The Balaban J connectivity index is 2.11. The molecule has 0 atom stereocenters. The van der Waals surface area contributed by atoms with Crippen molar-refractivity contribution in [2.45, 2.75) is 125 Å². The predicted octanol–water partition coefficient (Wildman–Crippen LogP) is 12.2. The first kappa shape index (κ1) is 31.8. The first-order chi connectivity index (χ1) is 19.4. The van der Waals surface area contributed by atoms with Gasteiger partial charge in [0.05, 0.1) is 0 Å². The van der Waals surface area contributed by atoms with Gasteiger partial charge in [-0.2, -0.15) is 0 Å². The van der Waals surface area contributed by atoms with E-state index in [4.69, 9.17) is 0 Å². The van der Waals surface area contributed by atoms with E-state index in [9.17, 15) is 0 Å². The van der Waals surface area contributed by atoms with Gasteiger partial charge in [-0.15, -0.1) is 0 Å². The number of benzene rings is 4. The molecule has 222 valence electrons. The van der Waals surface area contributed by atoms with Gasteiger partial charge in [-0.3, -0.25) is 0 Å². The lowest BCUT2D eigenvalue weighted by Crippen LogP contribution is -2.08. The van der Waals surface area contributed by atoms with Crippen molar-refractivity contribution < 1.29 is 0 Å². The molecular weight excluding hydrogens is 504 g/mol. The third-order valence-corrected chi connectivity index (χ3v) is 12.0. The van der Waals surface area contributed by atoms with Crippen molar-refractivity contribution in [1.29, 1.82) is 0 Å². The second-order valence-corrected chi connectivity index (χ2v) is 13.5. The molecule has 42 heavy (non-hydrogen) atoms. The molecule has 4 aromatic carbocycles. The molecule has 0 saturated carbocycles. The van der Waals surface area contributed by atoms with E-state index < -0.39 is 0 Å². The van der Waals surface area contributed by atoms with Gasteiger partial charge in [0.1, 0.15) is 0 Å². The molecular formula is C42H54. The molecule has 0 nitrogen and oxygen atoms in total. The fourth-order valence-corrected chi connectivity index (χ4v) is 7.88. The number of hydrogen-bond acceptors (Lipinski definition) is 0. The maximum atomic E-state index is 2.36.